The predicted molar refractivity (Wildman–Crippen MR) is 96.5 cm³/mol. The number of amides is 1. The van der Waals surface area contributed by atoms with E-state index in [2.05, 4.69) is 10.3 Å². The predicted octanol–water partition coefficient (Wildman–Crippen LogP) is 2.85. The summed E-state index contributed by atoms with van der Waals surface area (Å²) >= 11 is 0. The molecule has 3 rings (SSSR count). The van der Waals surface area contributed by atoms with Crippen LogP contribution in [0.5, 0.6) is 0 Å². The minimum atomic E-state index is -0.239. The third-order valence-electron chi connectivity index (χ3n) is 4.83. The Morgan fingerprint density at radius 3 is 2.50 bits per heavy atom. The van der Waals surface area contributed by atoms with Crippen LogP contribution in [-0.4, -0.2) is 30.0 Å². The zero-order valence-corrected chi connectivity index (χ0v) is 14.0. The molecule has 5 heteroatoms. The van der Waals surface area contributed by atoms with Crippen LogP contribution in [0.2, 0.25) is 0 Å². The Hall–Kier alpha value is -2.40. The van der Waals surface area contributed by atoms with Gasteiger partial charge >= 0.3 is 0 Å². The summed E-state index contributed by atoms with van der Waals surface area (Å²) in [6.07, 6.45) is 5.78. The Labute approximate surface area is 142 Å². The zero-order valence-electron chi connectivity index (χ0n) is 14.0. The summed E-state index contributed by atoms with van der Waals surface area (Å²) in [7, 11) is 1.96. The molecule has 0 atom stereocenters. The van der Waals surface area contributed by atoms with Gasteiger partial charge in [0.2, 0.25) is 0 Å². The van der Waals surface area contributed by atoms with E-state index in [0.717, 1.165) is 37.2 Å². The van der Waals surface area contributed by atoms with Crippen LogP contribution in [0, 0.1) is 0 Å². The van der Waals surface area contributed by atoms with Crippen molar-refractivity contribution in [2.45, 2.75) is 31.2 Å². The molecule has 1 amide bonds. The van der Waals surface area contributed by atoms with Crippen molar-refractivity contribution >= 4 is 17.4 Å². The number of rotatable bonds is 5. The van der Waals surface area contributed by atoms with Gasteiger partial charge in [-0.2, -0.15) is 0 Å². The Bertz CT molecular complexity index is 678. The lowest BCUT2D eigenvalue weighted by atomic mass is 9.97. The average Bonchev–Trinajstić information content (AvgIpc) is 3.11. The van der Waals surface area contributed by atoms with Crippen LogP contribution in [0.3, 0.4) is 0 Å². The molecule has 1 fully saturated rings. The summed E-state index contributed by atoms with van der Waals surface area (Å²) in [6.45, 7) is 0.487. The first-order valence-electron chi connectivity index (χ1n) is 8.41. The second kappa shape index (κ2) is 7.01. The van der Waals surface area contributed by atoms with Crippen LogP contribution in [0.1, 0.15) is 36.0 Å². The molecule has 1 heterocycles. The van der Waals surface area contributed by atoms with Crippen LogP contribution < -0.4 is 16.0 Å². The zero-order chi connectivity index (χ0) is 17.0. The van der Waals surface area contributed by atoms with Gasteiger partial charge in [-0.05, 0) is 37.1 Å². The van der Waals surface area contributed by atoms with E-state index in [1.54, 1.807) is 6.20 Å². The number of aromatic nitrogens is 1. The van der Waals surface area contributed by atoms with Gasteiger partial charge in [-0.25, -0.2) is 4.98 Å². The van der Waals surface area contributed by atoms with Gasteiger partial charge in [-0.3, -0.25) is 4.79 Å². The highest BCUT2D eigenvalue weighted by molar-refractivity contribution is 5.94. The number of para-hydroxylation sites is 1. The Morgan fingerprint density at radius 1 is 1.21 bits per heavy atom. The van der Waals surface area contributed by atoms with E-state index >= 15 is 0 Å². The maximum absolute atomic E-state index is 12.5. The molecule has 1 saturated carbocycles. The van der Waals surface area contributed by atoms with Crippen molar-refractivity contribution in [3.63, 3.8) is 0 Å². The number of hydrogen-bond acceptors (Lipinski definition) is 4. The van der Waals surface area contributed by atoms with Crippen LogP contribution >= 0.6 is 0 Å². The van der Waals surface area contributed by atoms with Crippen LogP contribution in [0.25, 0.3) is 0 Å². The summed E-state index contributed by atoms with van der Waals surface area (Å²) in [4.78, 5) is 18.9. The summed E-state index contributed by atoms with van der Waals surface area (Å²) in [5, 5.41) is 3.12. The minimum absolute atomic E-state index is 0.0937. The van der Waals surface area contributed by atoms with E-state index in [4.69, 9.17) is 5.73 Å². The number of nitrogens with one attached hydrogen (secondary N) is 1. The molecule has 0 saturated heterocycles. The molecule has 2 aromatic rings. The number of carbonyl (C=O) groups excluding carboxylic acids is 1. The van der Waals surface area contributed by atoms with Crippen molar-refractivity contribution in [2.24, 2.45) is 5.73 Å². The van der Waals surface area contributed by atoms with Crippen LogP contribution in [0.4, 0.5) is 11.5 Å². The van der Waals surface area contributed by atoms with Gasteiger partial charge in [0.05, 0.1) is 11.1 Å². The standard InChI is InChI=1S/C19H24N4O/c1-23(16-7-3-2-4-8-16)17-10-9-15(13-21-17)18(24)22-19(14-20)11-5-6-12-19/h2-4,7-10,13H,5-6,11-12,14,20H2,1H3,(H,22,24). The number of pyridine rings is 1. The summed E-state index contributed by atoms with van der Waals surface area (Å²) in [5.74, 6) is 0.705. The molecule has 126 valence electrons. The minimum Gasteiger partial charge on any atom is -0.345 e. The summed E-state index contributed by atoms with van der Waals surface area (Å²) in [6, 6.07) is 13.7. The molecule has 1 aliphatic rings. The van der Waals surface area contributed by atoms with E-state index in [9.17, 15) is 4.79 Å². The van der Waals surface area contributed by atoms with Crippen LogP contribution in [-0.2, 0) is 0 Å². The first-order chi connectivity index (χ1) is 11.6. The lowest BCUT2D eigenvalue weighted by Crippen LogP contribution is -2.51. The molecule has 0 aliphatic heterocycles. The lowest BCUT2D eigenvalue weighted by molar-refractivity contribution is 0.0903. The fourth-order valence-corrected chi connectivity index (χ4v) is 3.25. The second-order valence-electron chi connectivity index (χ2n) is 6.45. The molecule has 0 radical (unpaired) electrons. The van der Waals surface area contributed by atoms with Gasteiger partial charge in [0, 0.05) is 25.5 Å². The summed E-state index contributed by atoms with van der Waals surface area (Å²) in [5.41, 5.74) is 7.27. The van der Waals surface area contributed by atoms with Crippen molar-refractivity contribution in [1.82, 2.24) is 10.3 Å². The molecule has 1 aliphatic carbocycles. The topological polar surface area (TPSA) is 71.2 Å². The van der Waals surface area contributed by atoms with Crippen molar-refractivity contribution in [1.29, 1.82) is 0 Å². The summed E-state index contributed by atoms with van der Waals surface area (Å²) < 4.78 is 0. The normalized spacial score (nSPS) is 15.9. The Kier molecular flexibility index (Phi) is 4.81. The molecule has 5 nitrogen and oxygen atoms in total. The third-order valence-corrected chi connectivity index (χ3v) is 4.83. The smallest absolute Gasteiger partial charge is 0.253 e. The number of hydrogen-bond donors (Lipinski definition) is 2. The van der Waals surface area contributed by atoms with E-state index in [0.29, 0.717) is 12.1 Å². The van der Waals surface area contributed by atoms with Gasteiger partial charge in [0.1, 0.15) is 5.82 Å². The van der Waals surface area contributed by atoms with Gasteiger partial charge in [-0.15, -0.1) is 0 Å². The molecular weight excluding hydrogens is 300 g/mol. The highest BCUT2D eigenvalue weighted by Gasteiger charge is 2.34. The average molecular weight is 324 g/mol. The molecule has 0 spiro atoms. The van der Waals surface area contributed by atoms with Crippen molar-refractivity contribution < 1.29 is 4.79 Å². The number of nitrogens with zero attached hydrogens (tertiary/aromatic N) is 2. The maximum Gasteiger partial charge on any atom is 0.253 e. The molecule has 0 unspecified atom stereocenters. The number of nitrogens with two attached hydrogens (primary N) is 1. The van der Waals surface area contributed by atoms with Gasteiger partial charge in [0.15, 0.2) is 0 Å². The maximum atomic E-state index is 12.5. The van der Waals surface area contributed by atoms with Crippen molar-refractivity contribution in [2.75, 3.05) is 18.5 Å². The third kappa shape index (κ3) is 3.41. The lowest BCUT2D eigenvalue weighted by Gasteiger charge is -2.28. The van der Waals surface area contributed by atoms with E-state index < -0.39 is 0 Å². The Balaban J connectivity index is 1.71. The second-order valence-corrected chi connectivity index (χ2v) is 6.45. The Morgan fingerprint density at radius 2 is 1.92 bits per heavy atom. The number of anilines is 2. The quantitative estimate of drug-likeness (QED) is 0.887. The first-order valence-corrected chi connectivity index (χ1v) is 8.41. The van der Waals surface area contributed by atoms with Crippen molar-refractivity contribution in [3.8, 4) is 0 Å². The van der Waals surface area contributed by atoms with Crippen molar-refractivity contribution in [3.05, 3.63) is 54.2 Å². The molecule has 1 aromatic heterocycles. The van der Waals surface area contributed by atoms with Gasteiger partial charge in [0.25, 0.3) is 5.91 Å². The van der Waals surface area contributed by atoms with Gasteiger partial charge in [-0.1, -0.05) is 31.0 Å². The van der Waals surface area contributed by atoms with Gasteiger partial charge < -0.3 is 16.0 Å². The number of carbonyl (C=O) groups is 1. The van der Waals surface area contributed by atoms with Crippen LogP contribution in [0.15, 0.2) is 48.7 Å². The molecule has 1 aromatic carbocycles. The largest absolute Gasteiger partial charge is 0.345 e. The first kappa shape index (κ1) is 16.5. The highest BCUT2D eigenvalue weighted by atomic mass is 16.1. The highest BCUT2D eigenvalue weighted by Crippen LogP contribution is 2.29. The van der Waals surface area contributed by atoms with E-state index in [-0.39, 0.29) is 11.4 Å². The molecular formula is C19H24N4O. The number of benzene rings is 1. The van der Waals surface area contributed by atoms with E-state index in [1.807, 2.05) is 54.4 Å². The molecule has 24 heavy (non-hydrogen) atoms. The fourth-order valence-electron chi connectivity index (χ4n) is 3.25. The van der Waals surface area contributed by atoms with E-state index in [1.165, 1.54) is 0 Å². The molecule has 3 N–H and O–H groups in total. The fraction of sp³-hybridized carbons (Fsp3) is 0.368. The monoisotopic (exact) mass is 324 g/mol. The SMILES string of the molecule is CN(c1ccccc1)c1ccc(C(=O)NC2(CN)CCCC2)cn1. The molecule has 0 bridgehead atoms.